The van der Waals surface area contributed by atoms with Crippen LogP contribution in [0.4, 0.5) is 0 Å². The van der Waals surface area contributed by atoms with Crippen LogP contribution in [-0.4, -0.2) is 13.2 Å². The van der Waals surface area contributed by atoms with Crippen molar-refractivity contribution in [3.05, 3.63) is 35.9 Å². The maximum Gasteiger partial charge on any atom is 0.194 e. The van der Waals surface area contributed by atoms with Gasteiger partial charge in [-0.05, 0) is 20.3 Å². The van der Waals surface area contributed by atoms with Gasteiger partial charge < -0.3 is 9.47 Å². The van der Waals surface area contributed by atoms with Gasteiger partial charge in [0.2, 0.25) is 0 Å². The van der Waals surface area contributed by atoms with Crippen LogP contribution in [-0.2, 0) is 15.3 Å². The summed E-state index contributed by atoms with van der Waals surface area (Å²) in [5, 5.41) is 0. The summed E-state index contributed by atoms with van der Waals surface area (Å²) in [7, 11) is 0. The van der Waals surface area contributed by atoms with Crippen molar-refractivity contribution in [3.63, 3.8) is 0 Å². The van der Waals surface area contributed by atoms with E-state index in [0.717, 1.165) is 18.4 Å². The van der Waals surface area contributed by atoms with E-state index in [9.17, 15) is 0 Å². The van der Waals surface area contributed by atoms with Gasteiger partial charge in [-0.25, -0.2) is 0 Å². The van der Waals surface area contributed by atoms with Gasteiger partial charge >= 0.3 is 0 Å². The van der Waals surface area contributed by atoms with Gasteiger partial charge in [-0.3, -0.25) is 0 Å². The molecule has 18 heavy (non-hydrogen) atoms. The molecule has 0 heterocycles. The van der Waals surface area contributed by atoms with Crippen LogP contribution < -0.4 is 0 Å². The maximum atomic E-state index is 5.98. The average molecular weight is 250 g/mol. The van der Waals surface area contributed by atoms with Crippen LogP contribution >= 0.6 is 0 Å². The minimum Gasteiger partial charge on any atom is -0.346 e. The van der Waals surface area contributed by atoms with E-state index in [4.69, 9.17) is 9.47 Å². The molecule has 0 aromatic heterocycles. The minimum absolute atomic E-state index is 0.556. The predicted octanol–water partition coefficient (Wildman–Crippen LogP) is 4.49. The number of hydrogen-bond acceptors (Lipinski definition) is 2. The molecule has 0 fully saturated rings. The van der Waals surface area contributed by atoms with Crippen molar-refractivity contribution in [2.75, 3.05) is 13.2 Å². The average Bonchev–Trinajstić information content (AvgIpc) is 2.40. The van der Waals surface area contributed by atoms with Crippen molar-refractivity contribution < 1.29 is 9.47 Å². The first kappa shape index (κ1) is 15.2. The lowest BCUT2D eigenvalue weighted by atomic mass is 9.98. The molecule has 0 aliphatic heterocycles. The second-order valence-corrected chi connectivity index (χ2v) is 4.44. The van der Waals surface area contributed by atoms with Crippen molar-refractivity contribution in [1.82, 2.24) is 0 Å². The highest BCUT2D eigenvalue weighted by Gasteiger charge is 2.32. The molecule has 0 N–H and O–H groups in total. The molecule has 1 rings (SSSR count). The van der Waals surface area contributed by atoms with Crippen molar-refractivity contribution in [1.29, 1.82) is 0 Å². The minimum atomic E-state index is -0.556. The topological polar surface area (TPSA) is 18.5 Å². The Bertz CT molecular complexity index is 302. The van der Waals surface area contributed by atoms with Gasteiger partial charge in [0.05, 0.1) is 0 Å². The third kappa shape index (κ3) is 4.11. The van der Waals surface area contributed by atoms with Crippen LogP contribution in [0.1, 0.15) is 52.0 Å². The van der Waals surface area contributed by atoms with Gasteiger partial charge in [0, 0.05) is 25.2 Å². The molecular formula is C16H26O2. The Morgan fingerprint density at radius 1 is 0.889 bits per heavy atom. The Balaban J connectivity index is 2.89. The fraction of sp³-hybridized carbons (Fsp3) is 0.625. The molecule has 0 radical (unpaired) electrons. The Labute approximate surface area is 111 Å². The highest BCUT2D eigenvalue weighted by Crippen LogP contribution is 2.33. The monoisotopic (exact) mass is 250 g/mol. The summed E-state index contributed by atoms with van der Waals surface area (Å²) in [5.41, 5.74) is 1.13. The molecule has 0 atom stereocenters. The lowest BCUT2D eigenvalue weighted by molar-refractivity contribution is -0.247. The van der Waals surface area contributed by atoms with Crippen molar-refractivity contribution in [2.45, 2.75) is 52.2 Å². The van der Waals surface area contributed by atoms with Crippen LogP contribution in [0, 0.1) is 0 Å². The summed E-state index contributed by atoms with van der Waals surface area (Å²) >= 11 is 0. The SMILES string of the molecule is CCCCCC(OCC)(OCC)c1ccccc1. The lowest BCUT2D eigenvalue weighted by Gasteiger charge is -2.34. The van der Waals surface area contributed by atoms with Gasteiger partial charge in [0.25, 0.3) is 0 Å². The van der Waals surface area contributed by atoms with Crippen LogP contribution in [0.3, 0.4) is 0 Å². The molecule has 0 bridgehead atoms. The quantitative estimate of drug-likeness (QED) is 0.475. The molecule has 0 aliphatic rings. The van der Waals surface area contributed by atoms with E-state index in [-0.39, 0.29) is 0 Å². The molecule has 0 saturated heterocycles. The maximum absolute atomic E-state index is 5.98. The zero-order valence-corrected chi connectivity index (χ0v) is 11.9. The number of ether oxygens (including phenoxy) is 2. The summed E-state index contributed by atoms with van der Waals surface area (Å²) in [5.74, 6) is -0.556. The second kappa shape index (κ2) is 8.28. The molecule has 0 amide bonds. The van der Waals surface area contributed by atoms with Gasteiger partial charge in [0.1, 0.15) is 0 Å². The molecule has 0 saturated carbocycles. The molecule has 0 aliphatic carbocycles. The molecule has 2 nitrogen and oxygen atoms in total. The summed E-state index contributed by atoms with van der Waals surface area (Å²) in [6.07, 6.45) is 4.48. The third-order valence-electron chi connectivity index (χ3n) is 3.08. The first-order valence-corrected chi connectivity index (χ1v) is 7.12. The fourth-order valence-corrected chi connectivity index (χ4v) is 2.26. The summed E-state index contributed by atoms with van der Waals surface area (Å²) in [6, 6.07) is 10.3. The van der Waals surface area contributed by atoms with Gasteiger partial charge in [-0.1, -0.05) is 50.1 Å². The molecule has 102 valence electrons. The van der Waals surface area contributed by atoms with Crippen LogP contribution in [0.5, 0.6) is 0 Å². The number of hydrogen-bond donors (Lipinski definition) is 0. The van der Waals surface area contributed by atoms with E-state index in [1.165, 1.54) is 12.8 Å². The van der Waals surface area contributed by atoms with Crippen molar-refractivity contribution in [3.8, 4) is 0 Å². The molecule has 1 aromatic carbocycles. The normalized spacial score (nSPS) is 11.7. The van der Waals surface area contributed by atoms with Crippen LogP contribution in [0.25, 0.3) is 0 Å². The molecule has 2 heteroatoms. The number of rotatable bonds is 9. The van der Waals surface area contributed by atoms with E-state index in [1.807, 2.05) is 32.0 Å². The third-order valence-corrected chi connectivity index (χ3v) is 3.08. The number of benzene rings is 1. The largest absolute Gasteiger partial charge is 0.346 e. The predicted molar refractivity (Wildman–Crippen MR) is 75.5 cm³/mol. The van der Waals surface area contributed by atoms with E-state index in [2.05, 4.69) is 19.1 Å². The Morgan fingerprint density at radius 3 is 2.00 bits per heavy atom. The smallest absolute Gasteiger partial charge is 0.194 e. The highest BCUT2D eigenvalue weighted by atomic mass is 16.7. The summed E-state index contributed by atoms with van der Waals surface area (Å²) < 4.78 is 12.0. The van der Waals surface area contributed by atoms with Gasteiger partial charge in [0.15, 0.2) is 5.79 Å². The molecular weight excluding hydrogens is 224 g/mol. The Morgan fingerprint density at radius 2 is 1.50 bits per heavy atom. The first-order valence-electron chi connectivity index (χ1n) is 7.12. The molecule has 1 aromatic rings. The zero-order chi connectivity index (χ0) is 13.3. The van der Waals surface area contributed by atoms with Gasteiger partial charge in [-0.15, -0.1) is 0 Å². The Hall–Kier alpha value is -0.860. The lowest BCUT2D eigenvalue weighted by Crippen LogP contribution is -2.33. The van der Waals surface area contributed by atoms with E-state index in [0.29, 0.717) is 13.2 Å². The van der Waals surface area contributed by atoms with Crippen LogP contribution in [0.15, 0.2) is 30.3 Å². The fourth-order valence-electron chi connectivity index (χ4n) is 2.26. The Kier molecular flexibility index (Phi) is 6.99. The highest BCUT2D eigenvalue weighted by molar-refractivity contribution is 5.20. The zero-order valence-electron chi connectivity index (χ0n) is 11.9. The summed E-state index contributed by atoms with van der Waals surface area (Å²) in [4.78, 5) is 0. The van der Waals surface area contributed by atoms with Gasteiger partial charge in [-0.2, -0.15) is 0 Å². The van der Waals surface area contributed by atoms with Crippen molar-refractivity contribution in [2.24, 2.45) is 0 Å². The first-order chi connectivity index (χ1) is 8.79. The van der Waals surface area contributed by atoms with E-state index < -0.39 is 5.79 Å². The van der Waals surface area contributed by atoms with Crippen molar-refractivity contribution >= 4 is 0 Å². The standard InChI is InChI=1S/C16H26O2/c1-4-7-11-14-16(17-5-2,18-6-3)15-12-9-8-10-13-15/h8-10,12-13H,4-7,11,14H2,1-3H3. The summed E-state index contributed by atoms with van der Waals surface area (Å²) in [6.45, 7) is 7.60. The molecule has 0 spiro atoms. The van der Waals surface area contributed by atoms with E-state index >= 15 is 0 Å². The van der Waals surface area contributed by atoms with Crippen LogP contribution in [0.2, 0.25) is 0 Å². The molecule has 0 unspecified atom stereocenters. The van der Waals surface area contributed by atoms with E-state index in [1.54, 1.807) is 0 Å². The number of unbranched alkanes of at least 4 members (excludes halogenated alkanes) is 2. The second-order valence-electron chi connectivity index (χ2n) is 4.44.